The summed E-state index contributed by atoms with van der Waals surface area (Å²) in [4.78, 5) is 23.3. The van der Waals surface area contributed by atoms with Gasteiger partial charge in [-0.25, -0.2) is 18.7 Å². The molecule has 1 aliphatic heterocycles. The van der Waals surface area contributed by atoms with Crippen molar-refractivity contribution in [3.05, 3.63) is 65.4 Å². The van der Waals surface area contributed by atoms with Crippen molar-refractivity contribution in [2.75, 3.05) is 17.2 Å². The van der Waals surface area contributed by atoms with Gasteiger partial charge in [0.2, 0.25) is 5.91 Å². The number of benzene rings is 2. The van der Waals surface area contributed by atoms with Crippen LogP contribution in [0.4, 0.5) is 20.3 Å². The highest BCUT2D eigenvalue weighted by Crippen LogP contribution is 2.33. The average molecular weight is 420 g/mol. The van der Waals surface area contributed by atoms with Crippen LogP contribution in [0.2, 0.25) is 0 Å². The van der Waals surface area contributed by atoms with E-state index in [9.17, 15) is 13.6 Å². The maximum atomic E-state index is 13.9. The summed E-state index contributed by atoms with van der Waals surface area (Å²) in [5.74, 6) is -0.622. The van der Waals surface area contributed by atoms with E-state index < -0.39 is 11.6 Å². The Labute approximate surface area is 176 Å². The minimum Gasteiger partial charge on any atom is -0.383 e. The van der Waals surface area contributed by atoms with Crippen LogP contribution in [0.5, 0.6) is 0 Å². The lowest BCUT2D eigenvalue weighted by atomic mass is 10.1. The monoisotopic (exact) mass is 420 g/mol. The SMILES string of the molecule is Cn1ncc2c(N)nc(-c3ccc4c(c3)CCN4C(=O)Cc3cc(F)ccc3F)nc21. The Hall–Kier alpha value is -3.88. The molecule has 1 amide bonds. The van der Waals surface area contributed by atoms with Crippen molar-refractivity contribution in [1.29, 1.82) is 0 Å². The first-order valence-corrected chi connectivity index (χ1v) is 9.73. The third kappa shape index (κ3) is 3.27. The molecule has 0 spiro atoms. The Morgan fingerprint density at radius 3 is 2.84 bits per heavy atom. The lowest BCUT2D eigenvalue weighted by molar-refractivity contribution is -0.117. The van der Waals surface area contributed by atoms with Gasteiger partial charge < -0.3 is 10.6 Å². The van der Waals surface area contributed by atoms with E-state index >= 15 is 0 Å². The summed E-state index contributed by atoms with van der Waals surface area (Å²) < 4.78 is 29.0. The maximum Gasteiger partial charge on any atom is 0.231 e. The quantitative estimate of drug-likeness (QED) is 0.550. The standard InChI is InChI=1S/C22H18F2N6O/c1-29-22-16(11-26-29)20(25)27-21(28-22)13-2-5-18-12(8-13)6-7-30(18)19(31)10-14-9-15(23)3-4-17(14)24/h2-5,8-9,11H,6-7,10H2,1H3,(H2,25,27,28). The van der Waals surface area contributed by atoms with Crippen LogP contribution in [0.15, 0.2) is 42.6 Å². The zero-order chi connectivity index (χ0) is 21.7. The molecule has 7 nitrogen and oxygen atoms in total. The summed E-state index contributed by atoms with van der Waals surface area (Å²) in [7, 11) is 1.78. The minimum atomic E-state index is -0.593. The molecule has 1 aliphatic rings. The van der Waals surface area contributed by atoms with Gasteiger partial charge in [0.15, 0.2) is 11.5 Å². The lowest BCUT2D eigenvalue weighted by Gasteiger charge is -2.18. The van der Waals surface area contributed by atoms with Crippen LogP contribution in [0.1, 0.15) is 11.1 Å². The van der Waals surface area contributed by atoms with Gasteiger partial charge in [-0.2, -0.15) is 5.10 Å². The first kappa shape index (κ1) is 19.1. The number of carbonyl (C=O) groups excluding carboxylic acids is 1. The van der Waals surface area contributed by atoms with E-state index in [2.05, 4.69) is 15.1 Å². The molecule has 9 heteroatoms. The first-order valence-electron chi connectivity index (χ1n) is 9.73. The molecular weight excluding hydrogens is 402 g/mol. The fourth-order valence-corrected chi connectivity index (χ4v) is 3.91. The number of fused-ring (bicyclic) bond motifs is 2. The maximum absolute atomic E-state index is 13.9. The smallest absolute Gasteiger partial charge is 0.231 e. The van der Waals surface area contributed by atoms with Crippen LogP contribution in [0.25, 0.3) is 22.4 Å². The number of hydrogen-bond donors (Lipinski definition) is 1. The molecule has 0 bridgehead atoms. The van der Waals surface area contributed by atoms with E-state index in [1.807, 2.05) is 18.2 Å². The number of carbonyl (C=O) groups is 1. The Morgan fingerprint density at radius 2 is 2.00 bits per heavy atom. The highest BCUT2D eigenvalue weighted by atomic mass is 19.1. The van der Waals surface area contributed by atoms with Crippen LogP contribution in [-0.4, -0.2) is 32.2 Å². The van der Waals surface area contributed by atoms with Crippen molar-refractivity contribution < 1.29 is 13.6 Å². The third-order valence-corrected chi connectivity index (χ3v) is 5.51. The molecule has 0 radical (unpaired) electrons. The van der Waals surface area contributed by atoms with Gasteiger partial charge in [-0.1, -0.05) is 0 Å². The Morgan fingerprint density at radius 1 is 1.16 bits per heavy atom. The molecule has 2 N–H and O–H groups in total. The molecular formula is C22H18F2N6O. The predicted octanol–water partition coefficient (Wildman–Crippen LogP) is 3.02. The molecule has 0 saturated carbocycles. The molecule has 0 fully saturated rings. The van der Waals surface area contributed by atoms with E-state index in [0.717, 1.165) is 35.0 Å². The van der Waals surface area contributed by atoms with Gasteiger partial charge >= 0.3 is 0 Å². The molecule has 4 aromatic rings. The van der Waals surface area contributed by atoms with Crippen LogP contribution < -0.4 is 10.6 Å². The number of nitrogen functional groups attached to an aromatic ring is 1. The van der Waals surface area contributed by atoms with Crippen LogP contribution in [0, 0.1) is 11.6 Å². The van der Waals surface area contributed by atoms with E-state index in [-0.39, 0.29) is 17.9 Å². The Balaban J connectivity index is 1.44. The molecule has 0 unspecified atom stereocenters. The van der Waals surface area contributed by atoms with Crippen molar-refractivity contribution >= 4 is 28.4 Å². The summed E-state index contributed by atoms with van der Waals surface area (Å²) in [5, 5.41) is 4.85. The van der Waals surface area contributed by atoms with Crippen molar-refractivity contribution in [2.45, 2.75) is 12.8 Å². The average Bonchev–Trinajstić information content (AvgIpc) is 3.34. The summed E-state index contributed by atoms with van der Waals surface area (Å²) in [5.41, 5.74) is 9.23. The molecule has 0 atom stereocenters. The van der Waals surface area contributed by atoms with Crippen molar-refractivity contribution in [1.82, 2.24) is 19.7 Å². The number of halogens is 2. The highest BCUT2D eigenvalue weighted by molar-refractivity contribution is 5.97. The van der Waals surface area contributed by atoms with E-state index in [4.69, 9.17) is 5.73 Å². The second-order valence-electron chi connectivity index (χ2n) is 7.49. The summed E-state index contributed by atoms with van der Waals surface area (Å²) in [6.45, 7) is 0.471. The number of nitrogens with zero attached hydrogens (tertiary/aromatic N) is 5. The van der Waals surface area contributed by atoms with Gasteiger partial charge in [0.1, 0.15) is 17.5 Å². The fraction of sp³-hybridized carbons (Fsp3) is 0.182. The Kier molecular flexibility index (Phi) is 4.39. The van der Waals surface area contributed by atoms with E-state index in [1.54, 1.807) is 22.8 Å². The molecule has 5 rings (SSSR count). The predicted molar refractivity (Wildman–Crippen MR) is 112 cm³/mol. The number of amides is 1. The molecule has 156 valence electrons. The van der Waals surface area contributed by atoms with Gasteiger partial charge in [-0.15, -0.1) is 0 Å². The number of hydrogen-bond acceptors (Lipinski definition) is 5. The van der Waals surface area contributed by atoms with Gasteiger partial charge in [0.05, 0.1) is 18.0 Å². The topological polar surface area (TPSA) is 89.9 Å². The van der Waals surface area contributed by atoms with Crippen LogP contribution >= 0.6 is 0 Å². The molecule has 2 aromatic heterocycles. The molecule has 2 aromatic carbocycles. The highest BCUT2D eigenvalue weighted by Gasteiger charge is 2.26. The van der Waals surface area contributed by atoms with Gasteiger partial charge in [-0.3, -0.25) is 9.48 Å². The summed E-state index contributed by atoms with van der Waals surface area (Å²) in [6, 6.07) is 8.71. The van der Waals surface area contributed by atoms with Gasteiger partial charge in [0.25, 0.3) is 0 Å². The fourth-order valence-electron chi connectivity index (χ4n) is 3.91. The summed E-state index contributed by atoms with van der Waals surface area (Å²) >= 11 is 0. The normalized spacial score (nSPS) is 13.1. The van der Waals surface area contributed by atoms with Crippen molar-refractivity contribution in [2.24, 2.45) is 7.05 Å². The Bertz CT molecular complexity index is 1350. The number of aryl methyl sites for hydroxylation is 1. The van der Waals surface area contributed by atoms with E-state index in [1.165, 1.54) is 0 Å². The number of aromatic nitrogens is 4. The third-order valence-electron chi connectivity index (χ3n) is 5.51. The van der Waals surface area contributed by atoms with Gasteiger partial charge in [0, 0.05) is 30.4 Å². The van der Waals surface area contributed by atoms with Crippen molar-refractivity contribution in [3.63, 3.8) is 0 Å². The minimum absolute atomic E-state index is 0.0448. The van der Waals surface area contributed by atoms with Crippen LogP contribution in [0.3, 0.4) is 0 Å². The van der Waals surface area contributed by atoms with Crippen molar-refractivity contribution in [3.8, 4) is 11.4 Å². The van der Waals surface area contributed by atoms with Gasteiger partial charge in [-0.05, 0) is 48.4 Å². The largest absolute Gasteiger partial charge is 0.383 e. The molecule has 0 saturated heterocycles. The number of rotatable bonds is 3. The second kappa shape index (κ2) is 7.12. The zero-order valence-corrected chi connectivity index (χ0v) is 16.6. The second-order valence-corrected chi connectivity index (χ2v) is 7.49. The molecule has 0 aliphatic carbocycles. The first-order chi connectivity index (χ1) is 14.9. The zero-order valence-electron chi connectivity index (χ0n) is 16.6. The van der Waals surface area contributed by atoms with E-state index in [0.29, 0.717) is 35.6 Å². The lowest BCUT2D eigenvalue weighted by Crippen LogP contribution is -2.30. The molecule has 3 heterocycles. The van der Waals surface area contributed by atoms with Crippen LogP contribution in [-0.2, 0) is 24.7 Å². The number of anilines is 2. The number of nitrogens with two attached hydrogens (primary N) is 1. The molecule has 31 heavy (non-hydrogen) atoms. The summed E-state index contributed by atoms with van der Waals surface area (Å²) in [6.07, 6.45) is 2.06.